The van der Waals surface area contributed by atoms with E-state index < -0.39 is 0 Å². The molecule has 0 saturated carbocycles. The number of aliphatic imine (C=N–C) groups is 1. The van der Waals surface area contributed by atoms with Gasteiger partial charge in [-0.05, 0) is 25.0 Å². The molecule has 1 aromatic heterocycles. The van der Waals surface area contributed by atoms with Gasteiger partial charge >= 0.3 is 0 Å². The van der Waals surface area contributed by atoms with E-state index >= 15 is 0 Å². The Morgan fingerprint density at radius 1 is 1.29 bits per heavy atom. The average molecular weight is 518 g/mol. The molecule has 0 aliphatic rings. The molecule has 0 spiro atoms. The number of nitrogens with zero attached hydrogens (tertiary/aromatic N) is 3. The number of hydrogen-bond donors (Lipinski definition) is 1. The summed E-state index contributed by atoms with van der Waals surface area (Å²) in [6.07, 6.45) is 0.0252. The molecule has 1 N–H and O–H groups in total. The van der Waals surface area contributed by atoms with Gasteiger partial charge in [-0.1, -0.05) is 24.3 Å². The van der Waals surface area contributed by atoms with E-state index in [-0.39, 0.29) is 30.1 Å². The molecule has 0 radical (unpaired) electrons. The highest BCUT2D eigenvalue weighted by atomic mass is 127. The molecule has 28 heavy (non-hydrogen) atoms. The van der Waals surface area contributed by atoms with Crippen molar-refractivity contribution in [3.63, 3.8) is 0 Å². The molecule has 156 valence electrons. The van der Waals surface area contributed by atoms with Gasteiger partial charge in [0.25, 0.3) is 0 Å². The molecule has 0 bridgehead atoms. The first kappa shape index (κ1) is 24.8. The third-order valence-corrected chi connectivity index (χ3v) is 5.24. The van der Waals surface area contributed by atoms with E-state index in [1.165, 1.54) is 11.1 Å². The van der Waals surface area contributed by atoms with Gasteiger partial charge in [-0.25, -0.2) is 4.98 Å². The molecule has 0 amide bonds. The van der Waals surface area contributed by atoms with Gasteiger partial charge in [0.1, 0.15) is 11.1 Å². The van der Waals surface area contributed by atoms with E-state index in [1.807, 2.05) is 20.9 Å². The smallest absolute Gasteiger partial charge is 0.194 e. The largest absolute Gasteiger partial charge is 0.377 e. The van der Waals surface area contributed by atoms with E-state index in [0.29, 0.717) is 13.2 Å². The van der Waals surface area contributed by atoms with Crippen molar-refractivity contribution in [3.05, 3.63) is 51.5 Å². The first-order valence-corrected chi connectivity index (χ1v) is 9.99. The minimum atomic E-state index is 0. The van der Waals surface area contributed by atoms with Gasteiger partial charge in [0, 0.05) is 39.7 Å². The van der Waals surface area contributed by atoms with Crippen LogP contribution in [0.5, 0.6) is 0 Å². The SMILES string of the molecule is CCOCc1ccc(CNC(=NC)N(C)Cc2csc(C(C)OC)n2)cc1.I. The summed E-state index contributed by atoms with van der Waals surface area (Å²) in [5.74, 6) is 0.836. The van der Waals surface area contributed by atoms with Crippen LogP contribution in [0.2, 0.25) is 0 Å². The van der Waals surface area contributed by atoms with Gasteiger partial charge in [0.15, 0.2) is 5.96 Å². The molecule has 0 aliphatic carbocycles. The van der Waals surface area contributed by atoms with Gasteiger partial charge in [0.05, 0.1) is 18.8 Å². The summed E-state index contributed by atoms with van der Waals surface area (Å²) >= 11 is 1.63. The summed E-state index contributed by atoms with van der Waals surface area (Å²) in [6, 6.07) is 8.45. The van der Waals surface area contributed by atoms with E-state index in [0.717, 1.165) is 29.8 Å². The highest BCUT2D eigenvalue weighted by Crippen LogP contribution is 2.20. The van der Waals surface area contributed by atoms with E-state index in [4.69, 9.17) is 9.47 Å². The second-order valence-electron chi connectivity index (χ2n) is 6.27. The molecular formula is C20H31IN4O2S. The van der Waals surface area contributed by atoms with Crippen LogP contribution in [0.3, 0.4) is 0 Å². The zero-order chi connectivity index (χ0) is 19.6. The summed E-state index contributed by atoms with van der Waals surface area (Å²) < 4.78 is 10.8. The monoisotopic (exact) mass is 518 g/mol. The van der Waals surface area contributed by atoms with Crippen LogP contribution in [-0.2, 0) is 29.2 Å². The standard InChI is InChI=1S/C20H30N4O2S.HI/c1-6-26-13-17-9-7-16(8-10-17)11-22-20(21-3)24(4)12-18-14-27-19(23-18)15(2)25-5;/h7-10,14-15H,6,11-13H2,1-5H3,(H,21,22);1H. The maximum atomic E-state index is 5.43. The molecule has 1 unspecified atom stereocenters. The van der Waals surface area contributed by atoms with Crippen LogP contribution in [0, 0.1) is 0 Å². The Hall–Kier alpha value is -1.23. The van der Waals surface area contributed by atoms with Crippen LogP contribution in [-0.4, -0.2) is 43.7 Å². The first-order valence-electron chi connectivity index (χ1n) is 9.11. The molecule has 6 nitrogen and oxygen atoms in total. The maximum absolute atomic E-state index is 5.43. The number of aromatic nitrogens is 1. The summed E-state index contributed by atoms with van der Waals surface area (Å²) in [5, 5.41) is 6.48. The van der Waals surface area contributed by atoms with Crippen molar-refractivity contribution < 1.29 is 9.47 Å². The Morgan fingerprint density at radius 3 is 2.57 bits per heavy atom. The molecule has 0 aliphatic heterocycles. The number of hydrogen-bond acceptors (Lipinski definition) is 5. The fourth-order valence-corrected chi connectivity index (χ4v) is 3.38. The molecule has 1 aromatic carbocycles. The first-order chi connectivity index (χ1) is 13.1. The maximum Gasteiger partial charge on any atom is 0.194 e. The Bertz CT molecular complexity index is 721. The molecule has 2 aromatic rings. The average Bonchev–Trinajstić information content (AvgIpc) is 3.15. The highest BCUT2D eigenvalue weighted by molar-refractivity contribution is 14.0. The molecule has 1 heterocycles. The summed E-state index contributed by atoms with van der Waals surface area (Å²) in [7, 11) is 5.51. The summed E-state index contributed by atoms with van der Waals surface area (Å²) in [5.41, 5.74) is 3.41. The molecule has 0 saturated heterocycles. The number of benzene rings is 1. The molecule has 1 atom stereocenters. The minimum absolute atomic E-state index is 0. The van der Waals surface area contributed by atoms with Crippen molar-refractivity contribution in [3.8, 4) is 0 Å². The van der Waals surface area contributed by atoms with Crippen molar-refractivity contribution in [2.24, 2.45) is 4.99 Å². The molecule has 0 fully saturated rings. The Morgan fingerprint density at radius 2 is 1.96 bits per heavy atom. The zero-order valence-corrected chi connectivity index (χ0v) is 20.4. The Balaban J connectivity index is 0.00000392. The van der Waals surface area contributed by atoms with E-state index in [9.17, 15) is 0 Å². The lowest BCUT2D eigenvalue weighted by Gasteiger charge is -2.21. The Kier molecular flexibility index (Phi) is 11.6. The summed E-state index contributed by atoms with van der Waals surface area (Å²) in [6.45, 7) is 6.81. The van der Waals surface area contributed by atoms with Crippen LogP contribution in [0.15, 0.2) is 34.6 Å². The third-order valence-electron chi connectivity index (χ3n) is 4.19. The number of halogens is 1. The van der Waals surface area contributed by atoms with Crippen molar-refractivity contribution in [1.82, 2.24) is 15.2 Å². The third kappa shape index (κ3) is 7.65. The number of nitrogens with one attached hydrogen (secondary N) is 1. The molecular weight excluding hydrogens is 487 g/mol. The van der Waals surface area contributed by atoms with E-state index in [1.54, 1.807) is 25.5 Å². The van der Waals surface area contributed by atoms with Gasteiger partial charge in [-0.15, -0.1) is 35.3 Å². The lowest BCUT2D eigenvalue weighted by atomic mass is 10.1. The fraction of sp³-hybridized carbons (Fsp3) is 0.500. The normalized spacial score (nSPS) is 12.4. The van der Waals surface area contributed by atoms with E-state index in [2.05, 4.69) is 49.8 Å². The lowest BCUT2D eigenvalue weighted by molar-refractivity contribution is 0.119. The Labute approximate surface area is 189 Å². The number of guanidine groups is 1. The number of rotatable bonds is 9. The van der Waals surface area contributed by atoms with Gasteiger partial charge in [-0.3, -0.25) is 4.99 Å². The van der Waals surface area contributed by atoms with Gasteiger partial charge in [0.2, 0.25) is 0 Å². The van der Waals surface area contributed by atoms with Crippen LogP contribution in [0.1, 0.15) is 41.8 Å². The fourth-order valence-electron chi connectivity index (χ4n) is 2.54. The van der Waals surface area contributed by atoms with Gasteiger partial charge < -0.3 is 19.7 Å². The van der Waals surface area contributed by atoms with Crippen LogP contribution in [0.25, 0.3) is 0 Å². The quantitative estimate of drug-likeness (QED) is 0.306. The van der Waals surface area contributed by atoms with Gasteiger partial charge in [-0.2, -0.15) is 0 Å². The zero-order valence-electron chi connectivity index (χ0n) is 17.3. The number of thiazole rings is 1. The minimum Gasteiger partial charge on any atom is -0.377 e. The summed E-state index contributed by atoms with van der Waals surface area (Å²) in [4.78, 5) is 11.1. The van der Waals surface area contributed by atoms with Crippen LogP contribution < -0.4 is 5.32 Å². The second kappa shape index (κ2) is 13.1. The van der Waals surface area contributed by atoms with Crippen LogP contribution >= 0.6 is 35.3 Å². The number of methoxy groups -OCH3 is 1. The van der Waals surface area contributed by atoms with Crippen molar-refractivity contribution in [2.75, 3.05) is 27.8 Å². The topological polar surface area (TPSA) is 59.0 Å². The lowest BCUT2D eigenvalue weighted by Crippen LogP contribution is -2.38. The predicted molar refractivity (Wildman–Crippen MR) is 126 cm³/mol. The second-order valence-corrected chi connectivity index (χ2v) is 7.16. The number of ether oxygens (including phenoxy) is 2. The molecule has 2 rings (SSSR count). The van der Waals surface area contributed by atoms with Crippen molar-refractivity contribution in [2.45, 2.75) is 39.6 Å². The highest BCUT2D eigenvalue weighted by Gasteiger charge is 2.12. The van der Waals surface area contributed by atoms with Crippen LogP contribution in [0.4, 0.5) is 0 Å². The van der Waals surface area contributed by atoms with Crippen molar-refractivity contribution in [1.29, 1.82) is 0 Å². The molecule has 8 heteroatoms. The predicted octanol–water partition coefficient (Wildman–Crippen LogP) is 4.21. The van der Waals surface area contributed by atoms with Crippen molar-refractivity contribution >= 4 is 41.3 Å².